The number of nitrogens with zero attached hydrogens (tertiary/aromatic N) is 2. The van der Waals surface area contributed by atoms with E-state index in [0.29, 0.717) is 6.04 Å². The zero-order chi connectivity index (χ0) is 10.7. The Kier molecular flexibility index (Phi) is 3.03. The molecule has 1 saturated heterocycles. The maximum atomic E-state index is 9.04. The van der Waals surface area contributed by atoms with Crippen LogP contribution in [0.25, 0.3) is 0 Å². The average Bonchev–Trinajstić information content (AvgIpc) is 2.77. The van der Waals surface area contributed by atoms with Gasteiger partial charge in [-0.2, -0.15) is 5.26 Å². The summed E-state index contributed by atoms with van der Waals surface area (Å²) in [5.74, 6) is 0. The predicted octanol–water partition coefficient (Wildman–Crippen LogP) is 2.74. The van der Waals surface area contributed by atoms with Gasteiger partial charge in [0.2, 0.25) is 0 Å². The van der Waals surface area contributed by atoms with Crippen molar-refractivity contribution in [1.82, 2.24) is 4.90 Å². The highest BCUT2D eigenvalue weighted by molar-refractivity contribution is 5.19. The summed E-state index contributed by atoms with van der Waals surface area (Å²) in [6.45, 7) is 3.24. The molecule has 0 aliphatic carbocycles. The Bertz CT molecular complexity index is 353. The smallest absolute Gasteiger partial charge is 0.0983 e. The van der Waals surface area contributed by atoms with E-state index in [0.717, 1.165) is 19.4 Å². The molecule has 15 heavy (non-hydrogen) atoms. The molecule has 2 nitrogen and oxygen atoms in total. The van der Waals surface area contributed by atoms with Gasteiger partial charge in [0.15, 0.2) is 0 Å². The summed E-state index contributed by atoms with van der Waals surface area (Å²) in [6, 6.07) is 13.3. The van der Waals surface area contributed by atoms with Gasteiger partial charge in [0, 0.05) is 12.6 Å². The van der Waals surface area contributed by atoms with Gasteiger partial charge < -0.3 is 0 Å². The van der Waals surface area contributed by atoms with Crippen LogP contribution in [0.2, 0.25) is 0 Å². The largest absolute Gasteiger partial charge is 0.281 e. The summed E-state index contributed by atoms with van der Waals surface area (Å²) in [6.07, 6.45) is 2.17. The van der Waals surface area contributed by atoms with Crippen molar-refractivity contribution in [3.63, 3.8) is 0 Å². The lowest BCUT2D eigenvalue weighted by Crippen LogP contribution is -2.30. The Hall–Kier alpha value is -1.33. The summed E-state index contributed by atoms with van der Waals surface area (Å²) >= 11 is 0. The minimum atomic E-state index is 0.111. The van der Waals surface area contributed by atoms with E-state index in [1.165, 1.54) is 5.56 Å². The van der Waals surface area contributed by atoms with Crippen molar-refractivity contribution < 1.29 is 0 Å². The highest BCUT2D eigenvalue weighted by Crippen LogP contribution is 2.28. The van der Waals surface area contributed by atoms with Crippen molar-refractivity contribution in [3.8, 4) is 6.07 Å². The molecule has 2 atom stereocenters. The quantitative estimate of drug-likeness (QED) is 0.734. The SMILES string of the molecule is C[C@H](c1ccccc1)N1CCCC1C#N. The van der Waals surface area contributed by atoms with E-state index >= 15 is 0 Å². The van der Waals surface area contributed by atoms with E-state index < -0.39 is 0 Å². The Labute approximate surface area is 91.1 Å². The van der Waals surface area contributed by atoms with E-state index in [-0.39, 0.29) is 6.04 Å². The van der Waals surface area contributed by atoms with Crippen LogP contribution in [0, 0.1) is 11.3 Å². The summed E-state index contributed by atoms with van der Waals surface area (Å²) < 4.78 is 0. The van der Waals surface area contributed by atoms with Gasteiger partial charge in [-0.15, -0.1) is 0 Å². The number of nitriles is 1. The molecule has 1 unspecified atom stereocenters. The number of hydrogen-bond donors (Lipinski definition) is 0. The third-order valence-corrected chi connectivity index (χ3v) is 3.22. The lowest BCUT2D eigenvalue weighted by Gasteiger charge is -2.27. The number of benzene rings is 1. The van der Waals surface area contributed by atoms with Crippen LogP contribution >= 0.6 is 0 Å². The van der Waals surface area contributed by atoms with Crippen molar-refractivity contribution in [3.05, 3.63) is 35.9 Å². The molecule has 0 aromatic heterocycles. The maximum Gasteiger partial charge on any atom is 0.0983 e. The number of rotatable bonds is 2. The lowest BCUT2D eigenvalue weighted by atomic mass is 10.1. The topological polar surface area (TPSA) is 27.0 Å². The summed E-state index contributed by atoms with van der Waals surface area (Å²) in [4.78, 5) is 2.30. The second-order valence-corrected chi connectivity index (χ2v) is 4.11. The van der Waals surface area contributed by atoms with E-state index in [2.05, 4.69) is 42.2 Å². The van der Waals surface area contributed by atoms with Crippen LogP contribution in [0.5, 0.6) is 0 Å². The average molecular weight is 200 g/mol. The first-order chi connectivity index (χ1) is 7.33. The van der Waals surface area contributed by atoms with Crippen molar-refractivity contribution >= 4 is 0 Å². The second kappa shape index (κ2) is 4.46. The summed E-state index contributed by atoms with van der Waals surface area (Å²) in [5.41, 5.74) is 1.31. The first-order valence-corrected chi connectivity index (χ1v) is 5.53. The van der Waals surface area contributed by atoms with E-state index in [1.807, 2.05) is 6.07 Å². The molecule has 1 aromatic rings. The molecule has 1 aliphatic rings. The highest BCUT2D eigenvalue weighted by atomic mass is 15.2. The Morgan fingerprint density at radius 2 is 2.13 bits per heavy atom. The molecule has 1 aliphatic heterocycles. The second-order valence-electron chi connectivity index (χ2n) is 4.11. The molecule has 1 fully saturated rings. The fourth-order valence-electron chi connectivity index (χ4n) is 2.31. The molecule has 2 rings (SSSR count). The molecule has 0 amide bonds. The van der Waals surface area contributed by atoms with E-state index in [4.69, 9.17) is 5.26 Å². The zero-order valence-electron chi connectivity index (χ0n) is 9.06. The van der Waals surface area contributed by atoms with Crippen molar-refractivity contribution in [2.75, 3.05) is 6.54 Å². The summed E-state index contributed by atoms with van der Waals surface area (Å²) in [7, 11) is 0. The first kappa shape index (κ1) is 10.2. The predicted molar refractivity (Wildman–Crippen MR) is 60.2 cm³/mol. The minimum absolute atomic E-state index is 0.111. The van der Waals surface area contributed by atoms with Gasteiger partial charge >= 0.3 is 0 Å². The van der Waals surface area contributed by atoms with Gasteiger partial charge in [-0.05, 0) is 25.3 Å². The standard InChI is InChI=1S/C13H16N2/c1-11(12-6-3-2-4-7-12)15-9-5-8-13(15)10-14/h2-4,6-7,11,13H,5,8-9H2,1H3/t11-,13?/m1/s1. The third-order valence-electron chi connectivity index (χ3n) is 3.22. The van der Waals surface area contributed by atoms with Gasteiger partial charge in [-0.3, -0.25) is 4.90 Å². The van der Waals surface area contributed by atoms with Crippen molar-refractivity contribution in [1.29, 1.82) is 5.26 Å². The van der Waals surface area contributed by atoms with Crippen LogP contribution in [-0.4, -0.2) is 17.5 Å². The fourth-order valence-corrected chi connectivity index (χ4v) is 2.31. The molecule has 0 N–H and O–H groups in total. The normalized spacial score (nSPS) is 23.6. The van der Waals surface area contributed by atoms with Crippen LogP contribution < -0.4 is 0 Å². The monoisotopic (exact) mass is 200 g/mol. The van der Waals surface area contributed by atoms with Crippen molar-refractivity contribution in [2.24, 2.45) is 0 Å². The Morgan fingerprint density at radius 3 is 2.80 bits per heavy atom. The minimum Gasteiger partial charge on any atom is -0.281 e. The molecule has 0 spiro atoms. The number of likely N-dealkylation sites (tertiary alicyclic amines) is 1. The summed E-state index contributed by atoms with van der Waals surface area (Å²) in [5, 5.41) is 9.04. The number of hydrogen-bond acceptors (Lipinski definition) is 2. The van der Waals surface area contributed by atoms with Gasteiger partial charge in [-0.1, -0.05) is 30.3 Å². The molecular weight excluding hydrogens is 184 g/mol. The van der Waals surface area contributed by atoms with Gasteiger partial charge in [-0.25, -0.2) is 0 Å². The van der Waals surface area contributed by atoms with Crippen LogP contribution in [0.1, 0.15) is 31.4 Å². The van der Waals surface area contributed by atoms with Crippen LogP contribution in [0.3, 0.4) is 0 Å². The first-order valence-electron chi connectivity index (χ1n) is 5.53. The highest BCUT2D eigenvalue weighted by Gasteiger charge is 2.28. The molecule has 1 heterocycles. The van der Waals surface area contributed by atoms with Crippen molar-refractivity contribution in [2.45, 2.75) is 31.8 Å². The molecule has 2 heteroatoms. The zero-order valence-corrected chi connectivity index (χ0v) is 9.06. The van der Waals surface area contributed by atoms with E-state index in [9.17, 15) is 0 Å². The Morgan fingerprint density at radius 1 is 1.40 bits per heavy atom. The van der Waals surface area contributed by atoms with E-state index in [1.54, 1.807) is 0 Å². The lowest BCUT2D eigenvalue weighted by molar-refractivity contribution is 0.226. The fraction of sp³-hybridized carbons (Fsp3) is 0.462. The third kappa shape index (κ3) is 2.03. The molecular formula is C13H16N2. The van der Waals surface area contributed by atoms with Gasteiger partial charge in [0.05, 0.1) is 12.1 Å². The van der Waals surface area contributed by atoms with Gasteiger partial charge in [0.25, 0.3) is 0 Å². The maximum absolute atomic E-state index is 9.04. The molecule has 1 aromatic carbocycles. The Balaban J connectivity index is 2.15. The van der Waals surface area contributed by atoms with Crippen LogP contribution in [0.15, 0.2) is 30.3 Å². The van der Waals surface area contributed by atoms with Crippen LogP contribution in [0.4, 0.5) is 0 Å². The molecule has 0 bridgehead atoms. The molecule has 78 valence electrons. The van der Waals surface area contributed by atoms with Gasteiger partial charge in [0.1, 0.15) is 0 Å². The molecule has 0 saturated carbocycles. The molecule has 0 radical (unpaired) electrons. The van der Waals surface area contributed by atoms with Crippen LogP contribution in [-0.2, 0) is 0 Å².